The van der Waals surface area contributed by atoms with Gasteiger partial charge in [-0.05, 0) is 54.9 Å². The lowest BCUT2D eigenvalue weighted by molar-refractivity contribution is -0.274. The van der Waals surface area contributed by atoms with E-state index in [1.165, 1.54) is 47.2 Å². The zero-order valence-electron chi connectivity index (χ0n) is 15.4. The van der Waals surface area contributed by atoms with Gasteiger partial charge in [-0.3, -0.25) is 4.79 Å². The van der Waals surface area contributed by atoms with E-state index in [2.05, 4.69) is 24.4 Å². The molecule has 0 atom stereocenters. The van der Waals surface area contributed by atoms with Crippen LogP contribution < -0.4 is 10.1 Å². The zero-order valence-corrected chi connectivity index (χ0v) is 17.9. The number of halogens is 3. The first-order valence-electron chi connectivity index (χ1n) is 8.39. The Morgan fingerprint density at radius 1 is 1.38 bits per heavy atom. The van der Waals surface area contributed by atoms with Crippen LogP contribution in [-0.2, 0) is 11.2 Å². The van der Waals surface area contributed by atoms with Crippen molar-refractivity contribution in [1.29, 1.82) is 0 Å². The molecule has 3 aromatic rings. The number of rotatable bonds is 8. The third-order valence-electron chi connectivity index (χ3n) is 3.92. The number of hydrogen-bond donors (Lipinski definition) is 2. The summed E-state index contributed by atoms with van der Waals surface area (Å²) >= 11 is 4.01. The second kappa shape index (κ2) is 9.26. The summed E-state index contributed by atoms with van der Waals surface area (Å²) in [7, 11) is 0. The minimum Gasteiger partial charge on any atom is -0.406 e. The van der Waals surface area contributed by atoms with Crippen LogP contribution in [0.2, 0.25) is 0 Å². The minimum absolute atomic E-state index is 0.144. The molecule has 0 aliphatic heterocycles. The number of aromatic amines is 1. The van der Waals surface area contributed by atoms with Crippen LogP contribution in [0.5, 0.6) is 5.75 Å². The van der Waals surface area contributed by atoms with Crippen molar-refractivity contribution in [2.75, 3.05) is 18.6 Å². The van der Waals surface area contributed by atoms with Crippen LogP contribution in [0.1, 0.15) is 11.3 Å². The Morgan fingerprint density at radius 2 is 2.17 bits per heavy atom. The lowest BCUT2D eigenvalue weighted by atomic mass is 10.1. The van der Waals surface area contributed by atoms with Crippen LogP contribution in [0.4, 0.5) is 13.2 Å². The molecule has 2 aromatic heterocycles. The van der Waals surface area contributed by atoms with E-state index in [0.29, 0.717) is 23.5 Å². The molecule has 156 valence electrons. The number of ether oxygens (including phenoxy) is 1. The molecule has 1 aromatic carbocycles. The van der Waals surface area contributed by atoms with Crippen molar-refractivity contribution in [3.63, 3.8) is 0 Å². The Bertz CT molecular complexity index is 1000. The number of aryl methyl sites for hydroxylation is 1. The molecule has 0 saturated heterocycles. The molecule has 0 radical (unpaired) electrons. The molecule has 0 unspecified atom stereocenters. The molecule has 2 heterocycles. The maximum Gasteiger partial charge on any atom is 0.573 e. The van der Waals surface area contributed by atoms with Crippen molar-refractivity contribution in [1.82, 2.24) is 19.7 Å². The van der Waals surface area contributed by atoms with Crippen molar-refractivity contribution >= 4 is 51.9 Å². The molecule has 0 aliphatic rings. The Morgan fingerprint density at radius 3 is 2.86 bits per heavy atom. The fourth-order valence-electron chi connectivity index (χ4n) is 2.72. The number of amides is 1. The van der Waals surface area contributed by atoms with Gasteiger partial charge in [0.05, 0.1) is 5.75 Å². The normalized spacial score (nSPS) is 11.8. The van der Waals surface area contributed by atoms with Gasteiger partial charge >= 0.3 is 6.36 Å². The fourth-order valence-corrected chi connectivity index (χ4v) is 4.76. The number of carbonyl (C=O) groups excluding carboxylic acids is 1. The first-order valence-corrected chi connectivity index (χ1v) is 11.4. The van der Waals surface area contributed by atoms with Crippen LogP contribution in [0.15, 0.2) is 27.7 Å². The van der Waals surface area contributed by atoms with Crippen LogP contribution in [0, 0.1) is 6.92 Å². The molecule has 1 amide bonds. The van der Waals surface area contributed by atoms with Crippen molar-refractivity contribution in [3.05, 3.63) is 29.5 Å². The van der Waals surface area contributed by atoms with E-state index in [9.17, 15) is 18.0 Å². The average molecular weight is 463 g/mol. The summed E-state index contributed by atoms with van der Waals surface area (Å²) in [5.74, 6) is -0.193. The summed E-state index contributed by atoms with van der Waals surface area (Å²) in [4.78, 5) is 19.4. The molecular formula is C17H17F3N4O2S3. The van der Waals surface area contributed by atoms with Gasteiger partial charge in [0.1, 0.15) is 5.75 Å². The topological polar surface area (TPSA) is 79.9 Å². The van der Waals surface area contributed by atoms with Crippen molar-refractivity contribution < 1.29 is 22.7 Å². The standard InChI is InChI=1S/C17H17F3N4O2S3/c1-9-11(12-7-10(26-17(18,19)20)3-4-13(12)22-9)5-6-21-14(25)8-28-16-23-15(27-2)24-29-16/h3-4,7,22H,5-6,8H2,1-2H3,(H,21,25). The van der Waals surface area contributed by atoms with Crippen LogP contribution >= 0.6 is 35.1 Å². The number of aromatic nitrogens is 3. The molecular weight excluding hydrogens is 445 g/mol. The molecule has 0 bridgehead atoms. The van der Waals surface area contributed by atoms with E-state index in [1.54, 1.807) is 6.07 Å². The number of nitrogens with zero attached hydrogens (tertiary/aromatic N) is 2. The predicted molar refractivity (Wildman–Crippen MR) is 109 cm³/mol. The Hall–Kier alpha value is -1.92. The predicted octanol–water partition coefficient (Wildman–Crippen LogP) is 4.40. The van der Waals surface area contributed by atoms with Crippen LogP contribution in [-0.4, -0.2) is 45.2 Å². The first kappa shape index (κ1) is 21.8. The van der Waals surface area contributed by atoms with Gasteiger partial charge in [0.15, 0.2) is 4.34 Å². The molecule has 0 saturated carbocycles. The highest BCUT2D eigenvalue weighted by molar-refractivity contribution is 8.01. The van der Waals surface area contributed by atoms with Gasteiger partial charge in [-0.1, -0.05) is 23.5 Å². The smallest absolute Gasteiger partial charge is 0.406 e. The Labute approximate surface area is 177 Å². The fraction of sp³-hybridized carbons (Fsp3) is 0.353. The molecule has 0 spiro atoms. The van der Waals surface area contributed by atoms with Gasteiger partial charge in [0.25, 0.3) is 0 Å². The maximum atomic E-state index is 12.5. The summed E-state index contributed by atoms with van der Waals surface area (Å²) in [6.45, 7) is 2.21. The number of benzene rings is 1. The highest BCUT2D eigenvalue weighted by Crippen LogP contribution is 2.30. The minimum atomic E-state index is -4.74. The second-order valence-electron chi connectivity index (χ2n) is 5.92. The van der Waals surface area contributed by atoms with Crippen molar-refractivity contribution in [2.24, 2.45) is 0 Å². The maximum absolute atomic E-state index is 12.5. The van der Waals surface area contributed by atoms with Crippen molar-refractivity contribution in [3.8, 4) is 5.75 Å². The molecule has 0 aliphatic carbocycles. The summed E-state index contributed by atoms with van der Waals surface area (Å²) in [6.07, 6.45) is -2.38. The summed E-state index contributed by atoms with van der Waals surface area (Å²) in [5, 5.41) is 4.15. The number of carbonyl (C=O) groups is 1. The van der Waals surface area contributed by atoms with E-state index in [1.807, 2.05) is 13.2 Å². The monoisotopic (exact) mass is 462 g/mol. The quantitative estimate of drug-likeness (QED) is 0.483. The molecule has 0 fully saturated rings. The molecule has 2 N–H and O–H groups in total. The number of H-pyrrole nitrogens is 1. The number of fused-ring (bicyclic) bond motifs is 1. The number of hydrogen-bond acceptors (Lipinski definition) is 7. The molecule has 29 heavy (non-hydrogen) atoms. The summed E-state index contributed by atoms with van der Waals surface area (Å²) in [6, 6.07) is 4.18. The second-order valence-corrected chi connectivity index (χ2v) is 8.67. The van der Waals surface area contributed by atoms with Gasteiger partial charge < -0.3 is 15.0 Å². The Kier molecular flexibility index (Phi) is 6.96. The van der Waals surface area contributed by atoms with Gasteiger partial charge in [0, 0.05) is 23.1 Å². The van der Waals surface area contributed by atoms with E-state index < -0.39 is 6.36 Å². The lowest BCUT2D eigenvalue weighted by Crippen LogP contribution is -2.27. The van der Waals surface area contributed by atoms with E-state index in [-0.39, 0.29) is 17.4 Å². The summed E-state index contributed by atoms with van der Waals surface area (Å²) < 4.78 is 46.3. The Balaban J connectivity index is 1.57. The highest BCUT2D eigenvalue weighted by atomic mass is 32.2. The number of thioether (sulfide) groups is 2. The first-order chi connectivity index (χ1) is 13.7. The molecule has 6 nitrogen and oxygen atoms in total. The largest absolute Gasteiger partial charge is 0.573 e. The van der Waals surface area contributed by atoms with E-state index in [4.69, 9.17) is 0 Å². The average Bonchev–Trinajstić information content (AvgIpc) is 3.23. The van der Waals surface area contributed by atoms with E-state index >= 15 is 0 Å². The third kappa shape index (κ3) is 6.03. The van der Waals surface area contributed by atoms with Gasteiger partial charge in [-0.15, -0.1) is 13.2 Å². The van der Waals surface area contributed by atoms with E-state index in [0.717, 1.165) is 21.1 Å². The SMILES string of the molecule is CSc1nsc(SCC(=O)NCCc2c(C)[nH]c3ccc(OC(F)(F)F)cc23)n1. The van der Waals surface area contributed by atoms with Gasteiger partial charge in [0.2, 0.25) is 11.1 Å². The number of nitrogens with one attached hydrogen (secondary N) is 2. The highest BCUT2D eigenvalue weighted by Gasteiger charge is 2.31. The lowest BCUT2D eigenvalue weighted by Gasteiger charge is -2.09. The van der Waals surface area contributed by atoms with Crippen molar-refractivity contribution in [2.45, 2.75) is 29.2 Å². The third-order valence-corrected chi connectivity index (χ3v) is 6.42. The summed E-state index contributed by atoms with van der Waals surface area (Å²) in [5.41, 5.74) is 2.40. The zero-order chi connectivity index (χ0) is 21.0. The van der Waals surface area contributed by atoms with Crippen LogP contribution in [0.25, 0.3) is 10.9 Å². The van der Waals surface area contributed by atoms with Gasteiger partial charge in [-0.2, -0.15) is 4.37 Å². The van der Waals surface area contributed by atoms with Crippen LogP contribution in [0.3, 0.4) is 0 Å². The number of alkyl halides is 3. The van der Waals surface area contributed by atoms with Gasteiger partial charge in [-0.25, -0.2) is 4.98 Å². The molecule has 12 heteroatoms. The molecule has 3 rings (SSSR count).